The Morgan fingerprint density at radius 1 is 1.24 bits per heavy atom. The van der Waals surface area contributed by atoms with Crippen molar-refractivity contribution in [2.24, 2.45) is 0 Å². The summed E-state index contributed by atoms with van der Waals surface area (Å²) in [4.78, 5) is 0. The van der Waals surface area contributed by atoms with E-state index in [2.05, 4.69) is 36.5 Å². The second kappa shape index (κ2) is 5.78. The van der Waals surface area contributed by atoms with Crippen molar-refractivity contribution in [2.75, 3.05) is 12.8 Å². The fourth-order valence-corrected chi connectivity index (χ4v) is 3.12. The van der Waals surface area contributed by atoms with Crippen LogP contribution in [0.3, 0.4) is 0 Å². The van der Waals surface area contributed by atoms with Gasteiger partial charge in [-0.25, -0.2) is 0 Å². The van der Waals surface area contributed by atoms with Gasteiger partial charge in [0.25, 0.3) is 0 Å². The molecule has 0 spiro atoms. The van der Waals surface area contributed by atoms with Crippen molar-refractivity contribution in [3.05, 3.63) is 59.2 Å². The van der Waals surface area contributed by atoms with E-state index in [1.54, 1.807) is 7.11 Å². The van der Waals surface area contributed by atoms with Crippen LogP contribution in [0.25, 0.3) is 0 Å². The third-order valence-corrected chi connectivity index (χ3v) is 4.29. The first-order valence-electron chi connectivity index (χ1n) is 7.45. The number of ether oxygens (including phenoxy) is 1. The quantitative estimate of drug-likeness (QED) is 0.842. The fraction of sp³-hybridized carbons (Fsp3) is 0.333. The molecule has 0 saturated heterocycles. The number of fused-ring (bicyclic) bond motifs is 1. The van der Waals surface area contributed by atoms with E-state index in [0.717, 1.165) is 24.3 Å². The minimum Gasteiger partial charge on any atom is -0.497 e. The average molecular weight is 282 g/mol. The first-order valence-corrected chi connectivity index (χ1v) is 7.45. The molecule has 0 bridgehead atoms. The van der Waals surface area contributed by atoms with Crippen molar-refractivity contribution in [2.45, 2.75) is 31.8 Å². The molecule has 3 N–H and O–H groups in total. The van der Waals surface area contributed by atoms with Crippen LogP contribution in [0.5, 0.6) is 5.75 Å². The van der Waals surface area contributed by atoms with Crippen LogP contribution in [0.15, 0.2) is 42.5 Å². The molecule has 1 aliphatic rings. The van der Waals surface area contributed by atoms with Gasteiger partial charge in [0.05, 0.1) is 7.11 Å². The summed E-state index contributed by atoms with van der Waals surface area (Å²) in [5, 5.41) is 3.73. The van der Waals surface area contributed by atoms with Crippen molar-refractivity contribution >= 4 is 5.69 Å². The molecular weight excluding hydrogens is 260 g/mol. The summed E-state index contributed by atoms with van der Waals surface area (Å²) in [5.74, 6) is 0.903. The number of anilines is 1. The van der Waals surface area contributed by atoms with Crippen LogP contribution >= 0.6 is 0 Å². The van der Waals surface area contributed by atoms with Gasteiger partial charge in [-0.3, -0.25) is 0 Å². The average Bonchev–Trinajstić information content (AvgIpc) is 2.89. The van der Waals surface area contributed by atoms with Gasteiger partial charge >= 0.3 is 0 Å². The molecule has 110 valence electrons. The third kappa shape index (κ3) is 2.88. The standard InChI is InChI=1S/C18H22N2O/c1-12(13-4-3-5-16(11-13)21-2)20-18-9-6-14-10-15(19)7-8-17(14)18/h3-5,7-8,10-12,18,20H,6,9,19H2,1-2H3. The van der Waals surface area contributed by atoms with Gasteiger partial charge in [-0.2, -0.15) is 0 Å². The van der Waals surface area contributed by atoms with E-state index in [-0.39, 0.29) is 6.04 Å². The zero-order valence-corrected chi connectivity index (χ0v) is 12.6. The molecule has 0 aromatic heterocycles. The maximum atomic E-state index is 5.87. The van der Waals surface area contributed by atoms with Gasteiger partial charge in [0.15, 0.2) is 0 Å². The topological polar surface area (TPSA) is 47.3 Å². The molecule has 2 aromatic carbocycles. The second-order valence-corrected chi connectivity index (χ2v) is 5.71. The number of nitrogens with two attached hydrogens (primary N) is 1. The minimum atomic E-state index is 0.286. The van der Waals surface area contributed by atoms with Crippen LogP contribution in [0, 0.1) is 0 Å². The van der Waals surface area contributed by atoms with Gasteiger partial charge in [0, 0.05) is 17.8 Å². The highest BCUT2D eigenvalue weighted by Gasteiger charge is 2.24. The summed E-state index contributed by atoms with van der Waals surface area (Å²) in [6.07, 6.45) is 2.23. The molecule has 0 radical (unpaired) electrons. The Balaban J connectivity index is 1.76. The third-order valence-electron chi connectivity index (χ3n) is 4.29. The number of methoxy groups -OCH3 is 1. The molecule has 2 atom stereocenters. The van der Waals surface area contributed by atoms with Crippen molar-refractivity contribution in [3.63, 3.8) is 0 Å². The van der Waals surface area contributed by atoms with E-state index < -0.39 is 0 Å². The summed E-state index contributed by atoms with van der Waals surface area (Å²) in [6.45, 7) is 2.20. The van der Waals surface area contributed by atoms with Crippen molar-refractivity contribution < 1.29 is 4.74 Å². The normalized spacial score (nSPS) is 18.3. The Morgan fingerprint density at radius 3 is 2.90 bits per heavy atom. The first-order chi connectivity index (χ1) is 10.2. The van der Waals surface area contributed by atoms with E-state index in [1.165, 1.54) is 16.7 Å². The second-order valence-electron chi connectivity index (χ2n) is 5.71. The van der Waals surface area contributed by atoms with E-state index in [0.29, 0.717) is 6.04 Å². The number of aryl methyl sites for hydroxylation is 1. The first kappa shape index (κ1) is 14.0. The number of nitrogens with one attached hydrogen (secondary N) is 1. The van der Waals surface area contributed by atoms with Gasteiger partial charge in [-0.05, 0) is 60.7 Å². The summed E-state index contributed by atoms with van der Waals surface area (Å²) in [5.41, 5.74) is 10.7. The summed E-state index contributed by atoms with van der Waals surface area (Å²) >= 11 is 0. The lowest BCUT2D eigenvalue weighted by Crippen LogP contribution is -2.23. The zero-order chi connectivity index (χ0) is 14.8. The van der Waals surface area contributed by atoms with E-state index >= 15 is 0 Å². The Bertz CT molecular complexity index is 639. The Kier molecular flexibility index (Phi) is 3.84. The molecular formula is C18H22N2O. The van der Waals surface area contributed by atoms with Crippen LogP contribution in [0.4, 0.5) is 5.69 Å². The number of hydrogen-bond acceptors (Lipinski definition) is 3. The summed E-state index contributed by atoms with van der Waals surface area (Å²) in [7, 11) is 1.70. The van der Waals surface area contributed by atoms with Gasteiger partial charge in [-0.1, -0.05) is 18.2 Å². The Morgan fingerprint density at radius 2 is 2.10 bits per heavy atom. The lowest BCUT2D eigenvalue weighted by atomic mass is 10.0. The van der Waals surface area contributed by atoms with Crippen LogP contribution in [0.1, 0.15) is 42.1 Å². The molecule has 0 amide bonds. The summed E-state index contributed by atoms with van der Waals surface area (Å²) in [6, 6.07) is 15.2. The molecule has 3 nitrogen and oxygen atoms in total. The number of nitrogen functional groups attached to an aromatic ring is 1. The Labute approximate surface area is 126 Å². The highest BCUT2D eigenvalue weighted by atomic mass is 16.5. The molecule has 0 saturated carbocycles. The van der Waals surface area contributed by atoms with Gasteiger partial charge < -0.3 is 15.8 Å². The lowest BCUT2D eigenvalue weighted by Gasteiger charge is -2.21. The molecule has 0 fully saturated rings. The Hall–Kier alpha value is -2.00. The van der Waals surface area contributed by atoms with Gasteiger partial charge in [-0.15, -0.1) is 0 Å². The van der Waals surface area contributed by atoms with E-state index in [9.17, 15) is 0 Å². The molecule has 0 aliphatic heterocycles. The molecule has 1 aliphatic carbocycles. The van der Waals surface area contributed by atoms with E-state index in [1.807, 2.05) is 18.2 Å². The smallest absolute Gasteiger partial charge is 0.119 e. The van der Waals surface area contributed by atoms with Crippen LogP contribution < -0.4 is 15.8 Å². The highest BCUT2D eigenvalue weighted by molar-refractivity contribution is 5.47. The predicted octanol–water partition coefficient (Wildman–Crippen LogP) is 3.62. The largest absolute Gasteiger partial charge is 0.497 e. The molecule has 3 heteroatoms. The summed E-state index contributed by atoms with van der Waals surface area (Å²) < 4.78 is 5.30. The van der Waals surface area contributed by atoms with Crippen molar-refractivity contribution in [3.8, 4) is 5.75 Å². The fourth-order valence-electron chi connectivity index (χ4n) is 3.12. The minimum absolute atomic E-state index is 0.286. The van der Waals surface area contributed by atoms with Crippen LogP contribution in [-0.4, -0.2) is 7.11 Å². The SMILES string of the molecule is COc1cccc(C(C)NC2CCc3cc(N)ccc32)c1. The molecule has 2 unspecified atom stereocenters. The zero-order valence-electron chi connectivity index (χ0n) is 12.6. The number of rotatable bonds is 4. The van der Waals surface area contributed by atoms with Crippen LogP contribution in [0.2, 0.25) is 0 Å². The monoisotopic (exact) mass is 282 g/mol. The van der Waals surface area contributed by atoms with Gasteiger partial charge in [0.1, 0.15) is 5.75 Å². The highest BCUT2D eigenvalue weighted by Crippen LogP contribution is 2.34. The number of benzene rings is 2. The molecule has 0 heterocycles. The van der Waals surface area contributed by atoms with Gasteiger partial charge in [0.2, 0.25) is 0 Å². The predicted molar refractivity (Wildman–Crippen MR) is 86.5 cm³/mol. The maximum Gasteiger partial charge on any atom is 0.119 e. The van der Waals surface area contributed by atoms with E-state index in [4.69, 9.17) is 10.5 Å². The van der Waals surface area contributed by atoms with Crippen molar-refractivity contribution in [1.29, 1.82) is 0 Å². The maximum absolute atomic E-state index is 5.87. The lowest BCUT2D eigenvalue weighted by molar-refractivity contribution is 0.411. The number of hydrogen-bond donors (Lipinski definition) is 2. The van der Waals surface area contributed by atoms with Crippen molar-refractivity contribution in [1.82, 2.24) is 5.32 Å². The molecule has 21 heavy (non-hydrogen) atoms. The molecule has 2 aromatic rings. The molecule has 3 rings (SSSR count). The van der Waals surface area contributed by atoms with Crippen LogP contribution in [-0.2, 0) is 6.42 Å².